The molecule has 0 radical (unpaired) electrons. The largest absolute Gasteiger partial charge is 0.321 e. The average Bonchev–Trinajstić information content (AvgIpc) is 2.69. The third-order valence-electron chi connectivity index (χ3n) is 4.58. The molecule has 0 atom stereocenters. The van der Waals surface area contributed by atoms with E-state index < -0.39 is 15.8 Å². The molecule has 2 aromatic carbocycles. The molecular formula is C21H19Cl2N3O3S2. The highest BCUT2D eigenvalue weighted by Crippen LogP contribution is 2.30. The van der Waals surface area contributed by atoms with Gasteiger partial charge in [0.2, 0.25) is 5.78 Å². The van der Waals surface area contributed by atoms with Crippen molar-refractivity contribution in [3.05, 3.63) is 81.1 Å². The summed E-state index contributed by atoms with van der Waals surface area (Å²) < 4.78 is 29.9. The monoisotopic (exact) mass is 495 g/mol. The molecule has 0 saturated carbocycles. The summed E-state index contributed by atoms with van der Waals surface area (Å²) in [4.78, 5) is 17.6. The van der Waals surface area contributed by atoms with Gasteiger partial charge in [0, 0.05) is 18.3 Å². The van der Waals surface area contributed by atoms with Gasteiger partial charge in [-0.3, -0.25) is 9.52 Å². The van der Waals surface area contributed by atoms with Crippen molar-refractivity contribution in [1.29, 1.82) is 0 Å². The predicted octanol–water partition coefficient (Wildman–Crippen LogP) is 5.32. The molecule has 0 aliphatic heterocycles. The van der Waals surface area contributed by atoms with Gasteiger partial charge in [-0.25, -0.2) is 13.4 Å². The number of benzene rings is 2. The Kier molecular flexibility index (Phi) is 6.85. The first kappa shape index (κ1) is 23.4. The van der Waals surface area contributed by atoms with Crippen LogP contribution in [0.1, 0.15) is 27.2 Å². The van der Waals surface area contributed by atoms with E-state index in [-0.39, 0.29) is 21.3 Å². The van der Waals surface area contributed by atoms with Crippen LogP contribution in [0.5, 0.6) is 0 Å². The maximum atomic E-state index is 13.4. The second-order valence-corrected chi connectivity index (χ2v) is 10.0. The number of rotatable bonds is 6. The Morgan fingerprint density at radius 2 is 1.81 bits per heavy atom. The molecule has 1 N–H and O–H groups in total. The second-order valence-electron chi connectivity index (χ2n) is 6.89. The molecule has 0 amide bonds. The Hall–Kier alpha value is -2.26. The molecule has 1 heterocycles. The number of nitrogens with one attached hydrogen (secondary N) is 1. The Balaban J connectivity index is 2.10. The topological polar surface area (TPSA) is 79.4 Å². The van der Waals surface area contributed by atoms with Gasteiger partial charge in [0.1, 0.15) is 5.69 Å². The molecular weight excluding hydrogens is 477 g/mol. The van der Waals surface area contributed by atoms with E-state index in [0.717, 1.165) is 0 Å². The first-order valence-electron chi connectivity index (χ1n) is 9.02. The number of carbonyl (C=O) groups excluding carboxylic acids is 1. The van der Waals surface area contributed by atoms with E-state index in [1.165, 1.54) is 34.8 Å². The lowest BCUT2D eigenvalue weighted by molar-refractivity contribution is 0.103. The number of thiol groups is 1. The minimum Gasteiger partial charge on any atom is -0.321 e. The summed E-state index contributed by atoms with van der Waals surface area (Å²) in [6.07, 6.45) is 1.29. The number of carbonyl (C=O) groups is 1. The summed E-state index contributed by atoms with van der Waals surface area (Å²) in [7, 11) is -2.34. The fourth-order valence-corrected chi connectivity index (χ4v) is 4.61. The van der Waals surface area contributed by atoms with Crippen LogP contribution in [0.4, 0.5) is 11.4 Å². The molecule has 162 valence electrons. The first-order chi connectivity index (χ1) is 14.5. The number of nitrogens with zero attached hydrogens (tertiary/aromatic N) is 2. The number of hydrogen-bond donors (Lipinski definition) is 2. The van der Waals surface area contributed by atoms with Crippen molar-refractivity contribution in [3.8, 4) is 0 Å². The number of aryl methyl sites for hydroxylation is 2. The Bertz CT molecular complexity index is 1280. The molecule has 31 heavy (non-hydrogen) atoms. The summed E-state index contributed by atoms with van der Waals surface area (Å²) in [6.45, 7) is 3.48. The second kappa shape index (κ2) is 9.08. The van der Waals surface area contributed by atoms with Crippen molar-refractivity contribution in [3.63, 3.8) is 0 Å². The fourth-order valence-electron chi connectivity index (χ4n) is 3.02. The van der Waals surface area contributed by atoms with Gasteiger partial charge in [-0.1, -0.05) is 48.1 Å². The van der Waals surface area contributed by atoms with E-state index in [4.69, 9.17) is 23.2 Å². The van der Waals surface area contributed by atoms with Gasteiger partial charge < -0.3 is 4.31 Å². The summed E-state index contributed by atoms with van der Waals surface area (Å²) in [5.41, 5.74) is 2.11. The van der Waals surface area contributed by atoms with E-state index in [0.29, 0.717) is 27.4 Å². The van der Waals surface area contributed by atoms with Gasteiger partial charge in [-0.05, 0) is 55.3 Å². The lowest BCUT2D eigenvalue weighted by atomic mass is 9.99. The highest BCUT2D eigenvalue weighted by Gasteiger charge is 2.25. The van der Waals surface area contributed by atoms with Crippen LogP contribution in [0.2, 0.25) is 10.0 Å². The van der Waals surface area contributed by atoms with Gasteiger partial charge in [-0.2, -0.15) is 0 Å². The van der Waals surface area contributed by atoms with Crippen LogP contribution in [0.15, 0.2) is 53.6 Å². The molecule has 3 rings (SSSR count). The predicted molar refractivity (Wildman–Crippen MR) is 128 cm³/mol. The van der Waals surface area contributed by atoms with Crippen molar-refractivity contribution in [2.45, 2.75) is 18.7 Å². The normalized spacial score (nSPS) is 11.3. The summed E-state index contributed by atoms with van der Waals surface area (Å²) in [6, 6.07) is 11.0. The smallest absolute Gasteiger partial charge is 0.261 e. The van der Waals surface area contributed by atoms with Crippen LogP contribution >= 0.6 is 36.0 Å². The van der Waals surface area contributed by atoms with Gasteiger partial charge in [0.15, 0.2) is 0 Å². The number of halogens is 2. The van der Waals surface area contributed by atoms with Crippen LogP contribution in [0, 0.1) is 13.8 Å². The van der Waals surface area contributed by atoms with Crippen molar-refractivity contribution in [2.24, 2.45) is 0 Å². The van der Waals surface area contributed by atoms with E-state index in [1.807, 2.05) is 0 Å². The molecule has 0 saturated heterocycles. The maximum Gasteiger partial charge on any atom is 0.261 e. The van der Waals surface area contributed by atoms with Crippen molar-refractivity contribution >= 4 is 63.2 Å². The minimum absolute atomic E-state index is 0.000512. The highest BCUT2D eigenvalue weighted by atomic mass is 35.5. The highest BCUT2D eigenvalue weighted by molar-refractivity contribution is 7.92. The molecule has 10 heteroatoms. The molecule has 3 aromatic rings. The zero-order valence-corrected chi connectivity index (χ0v) is 20.1. The molecule has 0 bridgehead atoms. The van der Waals surface area contributed by atoms with E-state index in [2.05, 4.69) is 22.5 Å². The lowest BCUT2D eigenvalue weighted by Crippen LogP contribution is -2.18. The summed E-state index contributed by atoms with van der Waals surface area (Å²) in [5.74, 6) is -0.462. The Labute approximate surface area is 196 Å². The van der Waals surface area contributed by atoms with Crippen LogP contribution in [-0.4, -0.2) is 26.2 Å². The number of pyridine rings is 1. The number of hydrogen-bond acceptors (Lipinski definition) is 6. The Morgan fingerprint density at radius 3 is 2.45 bits per heavy atom. The van der Waals surface area contributed by atoms with Gasteiger partial charge in [0.25, 0.3) is 10.0 Å². The molecule has 1 aromatic heterocycles. The summed E-state index contributed by atoms with van der Waals surface area (Å²) >= 11 is 16.4. The van der Waals surface area contributed by atoms with Gasteiger partial charge in [-0.15, -0.1) is 0 Å². The van der Waals surface area contributed by atoms with Gasteiger partial charge in [0.05, 0.1) is 26.9 Å². The molecule has 0 spiro atoms. The van der Waals surface area contributed by atoms with Crippen molar-refractivity contribution < 1.29 is 13.2 Å². The Morgan fingerprint density at radius 1 is 1.10 bits per heavy atom. The molecule has 0 fully saturated rings. The SMILES string of the molecule is Cc1cc(S(=O)(=O)Nc2cc(Cl)cnc2C(=O)c2c(C)cccc2N(C)S)ccc1Cl. The third-order valence-corrected chi connectivity index (χ3v) is 6.79. The number of sulfonamides is 1. The zero-order valence-electron chi connectivity index (χ0n) is 16.8. The fraction of sp³-hybridized carbons (Fsp3) is 0.143. The number of ketones is 1. The number of anilines is 2. The first-order valence-corrected chi connectivity index (χ1v) is 11.7. The number of aromatic nitrogens is 1. The van der Waals surface area contributed by atoms with Crippen molar-refractivity contribution in [2.75, 3.05) is 16.1 Å². The van der Waals surface area contributed by atoms with E-state index in [9.17, 15) is 13.2 Å². The van der Waals surface area contributed by atoms with Crippen LogP contribution in [-0.2, 0) is 10.0 Å². The standard InChI is InChI=1S/C21H19Cl2N3O3S2/c1-12-5-4-6-18(26(3)30)19(12)21(27)20-17(10-14(22)11-24-20)25-31(28,29)15-7-8-16(23)13(2)9-15/h4-11,25,30H,1-3H3. The van der Waals surface area contributed by atoms with Crippen molar-refractivity contribution in [1.82, 2.24) is 4.98 Å². The third kappa shape index (κ3) is 4.98. The molecule has 0 aliphatic carbocycles. The zero-order chi connectivity index (χ0) is 22.9. The molecule has 6 nitrogen and oxygen atoms in total. The molecule has 0 aliphatic rings. The summed E-state index contributed by atoms with van der Waals surface area (Å²) in [5, 5.41) is 0.625. The van der Waals surface area contributed by atoms with Crippen LogP contribution < -0.4 is 9.03 Å². The van der Waals surface area contributed by atoms with E-state index in [1.54, 1.807) is 39.1 Å². The average molecular weight is 496 g/mol. The van der Waals surface area contributed by atoms with E-state index >= 15 is 0 Å². The van der Waals surface area contributed by atoms with Crippen LogP contribution in [0.3, 0.4) is 0 Å². The molecule has 0 unspecified atom stereocenters. The lowest BCUT2D eigenvalue weighted by Gasteiger charge is -2.18. The minimum atomic E-state index is -4.03. The quantitative estimate of drug-likeness (QED) is 0.357. The van der Waals surface area contributed by atoms with Gasteiger partial charge >= 0.3 is 0 Å². The maximum absolute atomic E-state index is 13.4. The van der Waals surface area contributed by atoms with Crippen LogP contribution in [0.25, 0.3) is 0 Å².